The lowest BCUT2D eigenvalue weighted by Crippen LogP contribution is -2.00. The van der Waals surface area contributed by atoms with Crippen LogP contribution in [0.2, 0.25) is 0 Å². The highest BCUT2D eigenvalue weighted by Gasteiger charge is 2.16. The van der Waals surface area contributed by atoms with Gasteiger partial charge in [0.15, 0.2) is 0 Å². The van der Waals surface area contributed by atoms with Gasteiger partial charge in [-0.05, 0) is 30.6 Å². The van der Waals surface area contributed by atoms with E-state index in [0.717, 1.165) is 11.3 Å². The van der Waals surface area contributed by atoms with Gasteiger partial charge in [0.1, 0.15) is 0 Å². The summed E-state index contributed by atoms with van der Waals surface area (Å²) in [5.74, 6) is 1.35. The molecule has 0 saturated carbocycles. The monoisotopic (exact) mass is 192 g/mol. The Kier molecular flexibility index (Phi) is 6.76. The summed E-state index contributed by atoms with van der Waals surface area (Å²) in [6, 6.07) is 0. The van der Waals surface area contributed by atoms with Gasteiger partial charge >= 0.3 is 0 Å². The first-order valence-electron chi connectivity index (χ1n) is 4.50. The summed E-state index contributed by atoms with van der Waals surface area (Å²) in [5, 5.41) is 0. The molecule has 0 spiro atoms. The molecule has 0 unspecified atom stereocenters. The van der Waals surface area contributed by atoms with Gasteiger partial charge in [-0.1, -0.05) is 34.6 Å². The molecule has 0 aromatic heterocycles. The molecule has 0 heterocycles. The first kappa shape index (κ1) is 11.8. The molecule has 0 aliphatic heterocycles. The highest BCUT2D eigenvalue weighted by Crippen LogP contribution is 2.57. The average molecular weight is 192 g/mol. The number of hydrogen-bond donors (Lipinski definition) is 0. The molecule has 0 radical (unpaired) electrons. The summed E-state index contributed by atoms with van der Waals surface area (Å²) in [6.45, 7) is 11.7. The van der Waals surface area contributed by atoms with E-state index in [4.69, 9.17) is 0 Å². The Bertz CT molecular complexity index is 83.6. The normalized spacial score (nSPS) is 12.0. The predicted octanol–water partition coefficient (Wildman–Crippen LogP) is 4.34. The highest BCUT2D eigenvalue weighted by atomic mass is 32.7. The van der Waals surface area contributed by atoms with E-state index in [1.54, 1.807) is 0 Å². The van der Waals surface area contributed by atoms with Crippen LogP contribution in [0.25, 0.3) is 0 Å². The zero-order valence-corrected chi connectivity index (χ0v) is 10.1. The van der Waals surface area contributed by atoms with Crippen LogP contribution >= 0.6 is 18.5 Å². The van der Waals surface area contributed by atoms with Crippen LogP contribution in [0.5, 0.6) is 0 Å². The Morgan fingerprint density at radius 1 is 1.09 bits per heavy atom. The van der Waals surface area contributed by atoms with E-state index >= 15 is 0 Å². The summed E-state index contributed by atoms with van der Waals surface area (Å²) in [4.78, 5) is 0. The third-order valence-electron chi connectivity index (χ3n) is 1.46. The first-order chi connectivity index (χ1) is 5.09. The SMILES string of the molecule is CCCSP(C(C)C)C(C)C. The maximum absolute atomic E-state index is 2.36. The van der Waals surface area contributed by atoms with Crippen LogP contribution in [0.15, 0.2) is 0 Å². The second-order valence-electron chi connectivity index (χ2n) is 3.38. The number of hydrogen-bond acceptors (Lipinski definition) is 1. The predicted molar refractivity (Wildman–Crippen MR) is 59.9 cm³/mol. The van der Waals surface area contributed by atoms with Crippen molar-refractivity contribution in [2.45, 2.75) is 52.4 Å². The van der Waals surface area contributed by atoms with Crippen LogP contribution in [0.1, 0.15) is 41.0 Å². The van der Waals surface area contributed by atoms with Gasteiger partial charge in [-0.2, -0.15) is 0 Å². The van der Waals surface area contributed by atoms with Crippen molar-refractivity contribution in [1.29, 1.82) is 0 Å². The molecular formula is C9H21PS. The van der Waals surface area contributed by atoms with Crippen molar-refractivity contribution in [2.75, 3.05) is 5.75 Å². The van der Waals surface area contributed by atoms with Gasteiger partial charge < -0.3 is 0 Å². The fraction of sp³-hybridized carbons (Fsp3) is 1.00. The van der Waals surface area contributed by atoms with Crippen molar-refractivity contribution in [3.63, 3.8) is 0 Å². The summed E-state index contributed by atoms with van der Waals surface area (Å²) >= 11 is 2.20. The van der Waals surface area contributed by atoms with Gasteiger partial charge in [-0.3, -0.25) is 0 Å². The smallest absolute Gasteiger partial charge is 0.00282 e. The fourth-order valence-corrected chi connectivity index (χ4v) is 6.24. The largest absolute Gasteiger partial charge is 0.134 e. The van der Waals surface area contributed by atoms with Crippen LogP contribution in [-0.2, 0) is 0 Å². The molecule has 0 N–H and O–H groups in total. The van der Waals surface area contributed by atoms with E-state index in [0.29, 0.717) is 0 Å². The maximum Gasteiger partial charge on any atom is -0.00282 e. The molecule has 0 fully saturated rings. The molecule has 0 aliphatic carbocycles. The maximum atomic E-state index is 2.36. The first-order valence-corrected chi connectivity index (χ1v) is 7.57. The van der Waals surface area contributed by atoms with Crippen molar-refractivity contribution in [1.82, 2.24) is 0 Å². The molecule has 0 rings (SSSR count). The molecule has 0 saturated heterocycles. The van der Waals surface area contributed by atoms with E-state index in [-0.39, 0.29) is 7.12 Å². The summed E-state index contributed by atoms with van der Waals surface area (Å²) in [7, 11) is 0.232. The summed E-state index contributed by atoms with van der Waals surface area (Å²) < 4.78 is 0. The lowest BCUT2D eigenvalue weighted by Gasteiger charge is -2.24. The Morgan fingerprint density at radius 2 is 1.55 bits per heavy atom. The van der Waals surface area contributed by atoms with Gasteiger partial charge in [0, 0.05) is 0 Å². The van der Waals surface area contributed by atoms with E-state index in [9.17, 15) is 0 Å². The van der Waals surface area contributed by atoms with Crippen molar-refractivity contribution in [2.24, 2.45) is 0 Å². The molecular weight excluding hydrogens is 171 g/mol. The molecule has 0 bridgehead atoms. The second kappa shape index (κ2) is 6.31. The zero-order valence-electron chi connectivity index (χ0n) is 8.42. The Labute approximate surface area is 77.0 Å². The molecule has 0 nitrogen and oxygen atoms in total. The highest BCUT2D eigenvalue weighted by molar-refractivity contribution is 8.56. The molecule has 2 heteroatoms. The number of rotatable bonds is 5. The topological polar surface area (TPSA) is 0 Å². The summed E-state index contributed by atoms with van der Waals surface area (Å²) in [5.41, 5.74) is 1.78. The standard InChI is InChI=1S/C9H21PS/c1-6-7-11-10(8(2)3)9(4)5/h8-9H,6-7H2,1-5H3. The van der Waals surface area contributed by atoms with E-state index in [1.165, 1.54) is 12.2 Å². The van der Waals surface area contributed by atoms with E-state index in [2.05, 4.69) is 46.0 Å². The second-order valence-corrected chi connectivity index (χ2v) is 8.87. The lowest BCUT2D eigenvalue weighted by molar-refractivity contribution is 1.03. The molecule has 0 amide bonds. The van der Waals surface area contributed by atoms with Crippen molar-refractivity contribution in [3.8, 4) is 0 Å². The van der Waals surface area contributed by atoms with Gasteiger partial charge in [0.05, 0.1) is 0 Å². The van der Waals surface area contributed by atoms with Crippen molar-refractivity contribution < 1.29 is 0 Å². The molecule has 11 heavy (non-hydrogen) atoms. The van der Waals surface area contributed by atoms with Crippen LogP contribution in [0, 0.1) is 0 Å². The zero-order chi connectivity index (χ0) is 8.85. The van der Waals surface area contributed by atoms with E-state index in [1.807, 2.05) is 0 Å². The Balaban J connectivity index is 3.70. The molecule has 0 aliphatic rings. The minimum Gasteiger partial charge on any atom is -0.134 e. The minimum absolute atomic E-state index is 0.232. The minimum atomic E-state index is 0.232. The third-order valence-corrected chi connectivity index (χ3v) is 8.36. The van der Waals surface area contributed by atoms with Gasteiger partial charge in [0.25, 0.3) is 0 Å². The van der Waals surface area contributed by atoms with Crippen LogP contribution in [0.4, 0.5) is 0 Å². The van der Waals surface area contributed by atoms with Crippen LogP contribution in [-0.4, -0.2) is 17.1 Å². The van der Waals surface area contributed by atoms with Crippen molar-refractivity contribution >= 4 is 18.5 Å². The Hall–Kier alpha value is 0.780. The molecule has 0 aromatic rings. The molecule has 0 aromatic carbocycles. The lowest BCUT2D eigenvalue weighted by atomic mass is 10.5. The summed E-state index contributed by atoms with van der Waals surface area (Å²) in [6.07, 6.45) is 1.32. The quantitative estimate of drug-likeness (QED) is 0.584. The van der Waals surface area contributed by atoms with Crippen molar-refractivity contribution in [3.05, 3.63) is 0 Å². The third kappa shape index (κ3) is 5.09. The molecule has 68 valence electrons. The van der Waals surface area contributed by atoms with Crippen LogP contribution < -0.4 is 0 Å². The fourth-order valence-electron chi connectivity index (χ4n) is 1.09. The van der Waals surface area contributed by atoms with Gasteiger partial charge in [0.2, 0.25) is 0 Å². The van der Waals surface area contributed by atoms with Gasteiger partial charge in [-0.25, -0.2) is 0 Å². The van der Waals surface area contributed by atoms with Gasteiger partial charge in [-0.15, -0.1) is 11.4 Å². The molecule has 0 atom stereocenters. The van der Waals surface area contributed by atoms with E-state index < -0.39 is 0 Å². The van der Waals surface area contributed by atoms with Crippen LogP contribution in [0.3, 0.4) is 0 Å². The average Bonchev–Trinajstić information content (AvgIpc) is 1.87. The Morgan fingerprint density at radius 3 is 1.82 bits per heavy atom.